The molecular weight excluding hydrogens is 259 g/mol. The van der Waals surface area contributed by atoms with Crippen molar-refractivity contribution in [2.45, 2.75) is 50.6 Å². The molecule has 0 N–H and O–H groups in total. The zero-order chi connectivity index (χ0) is 12.3. The molecule has 1 aliphatic carbocycles. The Bertz CT molecular complexity index is 373. The van der Waals surface area contributed by atoms with Crippen molar-refractivity contribution < 1.29 is 4.74 Å². The summed E-state index contributed by atoms with van der Waals surface area (Å²) in [6, 6.07) is 0.434. The molecule has 0 aromatic carbocycles. The summed E-state index contributed by atoms with van der Waals surface area (Å²) in [4.78, 5) is 0. The van der Waals surface area contributed by atoms with Gasteiger partial charge < -0.3 is 4.74 Å². The predicted molar refractivity (Wildman–Crippen MR) is 69.6 cm³/mol. The minimum Gasteiger partial charge on any atom is -0.378 e. The maximum Gasteiger partial charge on any atom is 0.132 e. The van der Waals surface area contributed by atoms with E-state index in [0.29, 0.717) is 23.7 Å². The zero-order valence-electron chi connectivity index (χ0n) is 10.1. The van der Waals surface area contributed by atoms with Crippen LogP contribution in [0.5, 0.6) is 0 Å². The maximum absolute atomic E-state index is 6.36. The van der Waals surface area contributed by atoms with Crippen LogP contribution in [0.4, 0.5) is 0 Å². The highest BCUT2D eigenvalue weighted by molar-refractivity contribution is 6.31. The second kappa shape index (κ2) is 6.07. The van der Waals surface area contributed by atoms with E-state index in [9.17, 15) is 0 Å². The van der Waals surface area contributed by atoms with Gasteiger partial charge in [0.15, 0.2) is 0 Å². The van der Waals surface area contributed by atoms with Crippen LogP contribution in [0.1, 0.15) is 49.4 Å². The van der Waals surface area contributed by atoms with Crippen LogP contribution in [0.25, 0.3) is 0 Å². The van der Waals surface area contributed by atoms with Gasteiger partial charge in [-0.2, -0.15) is 5.10 Å². The average molecular weight is 277 g/mol. The minimum atomic E-state index is 0.393. The van der Waals surface area contributed by atoms with E-state index in [1.165, 1.54) is 19.3 Å². The third-order valence-corrected chi connectivity index (χ3v) is 4.03. The molecule has 0 amide bonds. The number of aromatic nitrogens is 2. The van der Waals surface area contributed by atoms with Crippen LogP contribution >= 0.6 is 23.2 Å². The van der Waals surface area contributed by atoms with Gasteiger partial charge in [-0.3, -0.25) is 4.68 Å². The van der Waals surface area contributed by atoms with E-state index in [2.05, 4.69) is 5.10 Å². The summed E-state index contributed by atoms with van der Waals surface area (Å²) in [5, 5.41) is 5.26. The van der Waals surface area contributed by atoms with Crippen molar-refractivity contribution in [2.75, 3.05) is 7.11 Å². The molecule has 0 aliphatic heterocycles. The van der Waals surface area contributed by atoms with E-state index in [1.54, 1.807) is 7.11 Å². The summed E-state index contributed by atoms with van der Waals surface area (Å²) >= 11 is 12.3. The molecule has 0 saturated heterocycles. The first-order chi connectivity index (χ1) is 8.27. The Hall–Kier alpha value is -0.250. The molecule has 1 heterocycles. The summed E-state index contributed by atoms with van der Waals surface area (Å²) in [6.45, 7) is 0.474. The normalized spacial score (nSPS) is 17.6. The summed E-state index contributed by atoms with van der Waals surface area (Å²) in [5.41, 5.74) is 1.79. The number of ether oxygens (including phenoxy) is 1. The van der Waals surface area contributed by atoms with E-state index in [-0.39, 0.29) is 0 Å². The number of rotatable bonds is 4. The van der Waals surface area contributed by atoms with E-state index in [0.717, 1.165) is 24.1 Å². The van der Waals surface area contributed by atoms with Crippen LogP contribution in [0.15, 0.2) is 0 Å². The van der Waals surface area contributed by atoms with Gasteiger partial charge in [0, 0.05) is 12.7 Å². The van der Waals surface area contributed by atoms with Gasteiger partial charge in [0.25, 0.3) is 0 Å². The van der Waals surface area contributed by atoms with Crippen molar-refractivity contribution in [3.63, 3.8) is 0 Å². The molecule has 0 atom stereocenters. The topological polar surface area (TPSA) is 27.1 Å². The maximum atomic E-state index is 6.36. The Morgan fingerprint density at radius 2 is 2.06 bits per heavy atom. The fourth-order valence-electron chi connectivity index (χ4n) is 2.44. The van der Waals surface area contributed by atoms with Crippen LogP contribution in [0.3, 0.4) is 0 Å². The lowest BCUT2D eigenvalue weighted by atomic mass is 9.96. The lowest BCUT2D eigenvalue weighted by molar-refractivity contribution is 0.179. The molecule has 1 aromatic heterocycles. The first kappa shape index (κ1) is 13.2. The minimum absolute atomic E-state index is 0.393. The van der Waals surface area contributed by atoms with Gasteiger partial charge >= 0.3 is 0 Å². The number of alkyl halides is 1. The molecule has 1 fully saturated rings. The Balaban J connectivity index is 2.26. The summed E-state index contributed by atoms with van der Waals surface area (Å²) in [6.07, 6.45) is 6.17. The van der Waals surface area contributed by atoms with E-state index >= 15 is 0 Å². The van der Waals surface area contributed by atoms with Crippen molar-refractivity contribution in [1.29, 1.82) is 0 Å². The Kier molecular flexibility index (Phi) is 4.71. The lowest BCUT2D eigenvalue weighted by Gasteiger charge is -2.22. The first-order valence-corrected chi connectivity index (χ1v) is 6.99. The van der Waals surface area contributed by atoms with E-state index < -0.39 is 0 Å². The number of hydrogen-bond acceptors (Lipinski definition) is 2. The Labute approximate surface area is 112 Å². The van der Waals surface area contributed by atoms with Gasteiger partial charge in [-0.1, -0.05) is 30.9 Å². The second-order valence-electron chi connectivity index (χ2n) is 4.52. The fraction of sp³-hybridized carbons (Fsp3) is 0.750. The van der Waals surface area contributed by atoms with Gasteiger partial charge in [-0.15, -0.1) is 11.6 Å². The van der Waals surface area contributed by atoms with Crippen molar-refractivity contribution in [1.82, 2.24) is 9.78 Å². The molecule has 2 rings (SSSR count). The van der Waals surface area contributed by atoms with Gasteiger partial charge in [0.05, 0.1) is 24.2 Å². The monoisotopic (exact) mass is 276 g/mol. The smallest absolute Gasteiger partial charge is 0.132 e. The number of methoxy groups -OCH3 is 1. The Morgan fingerprint density at radius 1 is 1.35 bits per heavy atom. The van der Waals surface area contributed by atoms with Crippen LogP contribution in [0, 0.1) is 0 Å². The van der Waals surface area contributed by atoms with Crippen molar-refractivity contribution in [3.05, 3.63) is 16.4 Å². The highest BCUT2D eigenvalue weighted by Crippen LogP contribution is 2.33. The average Bonchev–Trinajstić information content (AvgIpc) is 2.67. The fourth-order valence-corrected chi connectivity index (χ4v) is 3.15. The van der Waals surface area contributed by atoms with Gasteiger partial charge in [0.1, 0.15) is 5.15 Å². The van der Waals surface area contributed by atoms with Gasteiger partial charge in [-0.25, -0.2) is 0 Å². The molecule has 1 aliphatic rings. The van der Waals surface area contributed by atoms with Crippen LogP contribution < -0.4 is 0 Å². The van der Waals surface area contributed by atoms with E-state index in [4.69, 9.17) is 27.9 Å². The highest BCUT2D eigenvalue weighted by Gasteiger charge is 2.22. The zero-order valence-corrected chi connectivity index (χ0v) is 11.6. The molecule has 96 valence electrons. The number of halogens is 2. The molecule has 1 saturated carbocycles. The van der Waals surface area contributed by atoms with Gasteiger partial charge in [0.2, 0.25) is 0 Å². The molecule has 5 heteroatoms. The third-order valence-electron chi connectivity index (χ3n) is 3.36. The predicted octanol–water partition coefficient (Wildman–Crippen LogP) is 3.93. The lowest BCUT2D eigenvalue weighted by Crippen LogP contribution is -2.14. The largest absolute Gasteiger partial charge is 0.378 e. The first-order valence-electron chi connectivity index (χ1n) is 6.08. The molecular formula is C12H18Cl2N2O. The highest BCUT2D eigenvalue weighted by atomic mass is 35.5. The van der Waals surface area contributed by atoms with Gasteiger partial charge in [-0.05, 0) is 12.8 Å². The van der Waals surface area contributed by atoms with Crippen LogP contribution in [-0.2, 0) is 17.2 Å². The van der Waals surface area contributed by atoms with Crippen molar-refractivity contribution in [3.8, 4) is 0 Å². The molecule has 0 radical (unpaired) electrons. The molecule has 0 spiro atoms. The molecule has 0 unspecified atom stereocenters. The van der Waals surface area contributed by atoms with Crippen LogP contribution in [0.2, 0.25) is 5.15 Å². The quantitative estimate of drug-likeness (QED) is 0.780. The molecule has 3 nitrogen and oxygen atoms in total. The van der Waals surface area contributed by atoms with Crippen molar-refractivity contribution in [2.24, 2.45) is 0 Å². The summed E-state index contributed by atoms with van der Waals surface area (Å²) < 4.78 is 7.08. The molecule has 17 heavy (non-hydrogen) atoms. The van der Waals surface area contributed by atoms with Crippen molar-refractivity contribution >= 4 is 23.2 Å². The Morgan fingerprint density at radius 3 is 2.65 bits per heavy atom. The molecule has 0 bridgehead atoms. The number of nitrogens with zero attached hydrogens (tertiary/aromatic N) is 2. The van der Waals surface area contributed by atoms with E-state index in [1.807, 2.05) is 4.68 Å². The number of hydrogen-bond donors (Lipinski definition) is 0. The summed E-state index contributed by atoms with van der Waals surface area (Å²) in [5.74, 6) is 0.393. The second-order valence-corrected chi connectivity index (χ2v) is 5.14. The third kappa shape index (κ3) is 2.78. The standard InChI is InChI=1S/C12H18Cl2N2O/c1-17-8-11-10(7-13)12(14)16(15-11)9-5-3-2-4-6-9/h9H,2-8H2,1H3. The van der Waals surface area contributed by atoms with Crippen LogP contribution in [-0.4, -0.2) is 16.9 Å². The SMILES string of the molecule is COCc1nn(C2CCCCC2)c(Cl)c1CCl. The molecule has 1 aromatic rings. The summed E-state index contributed by atoms with van der Waals surface area (Å²) in [7, 11) is 1.66.